The molecule has 0 saturated carbocycles. The molecule has 1 aromatic carbocycles. The van der Waals surface area contributed by atoms with Gasteiger partial charge in [-0.3, -0.25) is 0 Å². The Morgan fingerprint density at radius 3 is 2.95 bits per heavy atom. The fourth-order valence-electron chi connectivity index (χ4n) is 1.45. The first-order valence-corrected chi connectivity index (χ1v) is 6.37. The molecular formula is C12H11BrN2O4. The Morgan fingerprint density at radius 1 is 1.53 bits per heavy atom. The molecule has 0 aliphatic heterocycles. The van der Waals surface area contributed by atoms with Crippen molar-refractivity contribution in [1.82, 2.24) is 10.1 Å². The highest BCUT2D eigenvalue weighted by atomic mass is 79.9. The standard InChI is InChI=1S/C12H11BrN2O4/c1-2-9-14-10(19-15-9)6-18-11-7(12(16)17)4-3-5-8(11)13/h3-5H,2,6H2,1H3,(H,16,17). The predicted molar refractivity (Wildman–Crippen MR) is 69.1 cm³/mol. The van der Waals surface area contributed by atoms with Crippen LogP contribution in [0.1, 0.15) is 29.0 Å². The van der Waals surface area contributed by atoms with Crippen LogP contribution in [0.25, 0.3) is 0 Å². The van der Waals surface area contributed by atoms with Gasteiger partial charge < -0.3 is 14.4 Å². The summed E-state index contributed by atoms with van der Waals surface area (Å²) in [6.45, 7) is 1.93. The zero-order valence-corrected chi connectivity index (χ0v) is 11.7. The summed E-state index contributed by atoms with van der Waals surface area (Å²) in [6, 6.07) is 4.79. The van der Waals surface area contributed by atoms with Gasteiger partial charge in [0.15, 0.2) is 12.4 Å². The number of aromatic nitrogens is 2. The molecule has 0 saturated heterocycles. The number of benzene rings is 1. The first-order chi connectivity index (χ1) is 9.11. The van der Waals surface area contributed by atoms with Crippen LogP contribution in [0.2, 0.25) is 0 Å². The summed E-state index contributed by atoms with van der Waals surface area (Å²) in [4.78, 5) is 15.2. The largest absolute Gasteiger partial charge is 0.482 e. The van der Waals surface area contributed by atoms with Crippen LogP contribution in [0.15, 0.2) is 27.2 Å². The Labute approximate surface area is 117 Å². The van der Waals surface area contributed by atoms with Crippen LogP contribution in [0, 0.1) is 0 Å². The van der Waals surface area contributed by atoms with Crippen LogP contribution >= 0.6 is 15.9 Å². The van der Waals surface area contributed by atoms with Crippen LogP contribution in [0.3, 0.4) is 0 Å². The molecule has 0 aliphatic carbocycles. The zero-order chi connectivity index (χ0) is 13.8. The van der Waals surface area contributed by atoms with Crippen molar-refractivity contribution in [1.29, 1.82) is 0 Å². The van der Waals surface area contributed by atoms with E-state index < -0.39 is 5.97 Å². The van der Waals surface area contributed by atoms with E-state index >= 15 is 0 Å². The van der Waals surface area contributed by atoms with Gasteiger partial charge in [0.1, 0.15) is 11.3 Å². The van der Waals surface area contributed by atoms with E-state index in [9.17, 15) is 4.79 Å². The first kappa shape index (κ1) is 13.5. The maximum atomic E-state index is 11.1. The van der Waals surface area contributed by atoms with Crippen LogP contribution in [0.5, 0.6) is 5.75 Å². The number of carboxylic acid groups (broad SMARTS) is 1. The zero-order valence-electron chi connectivity index (χ0n) is 10.1. The molecule has 2 aromatic rings. The van der Waals surface area contributed by atoms with Crippen molar-refractivity contribution < 1.29 is 19.2 Å². The Hall–Kier alpha value is -1.89. The van der Waals surface area contributed by atoms with Crippen molar-refractivity contribution >= 4 is 21.9 Å². The molecule has 19 heavy (non-hydrogen) atoms. The van der Waals surface area contributed by atoms with E-state index in [2.05, 4.69) is 26.1 Å². The molecule has 0 amide bonds. The van der Waals surface area contributed by atoms with E-state index in [1.54, 1.807) is 12.1 Å². The molecule has 7 heteroatoms. The molecule has 0 aliphatic rings. The van der Waals surface area contributed by atoms with Gasteiger partial charge in [-0.05, 0) is 28.1 Å². The van der Waals surface area contributed by atoms with Gasteiger partial charge >= 0.3 is 5.97 Å². The molecule has 0 atom stereocenters. The third kappa shape index (κ3) is 3.11. The number of rotatable bonds is 5. The summed E-state index contributed by atoms with van der Waals surface area (Å²) in [6.07, 6.45) is 0.666. The normalized spacial score (nSPS) is 10.4. The van der Waals surface area contributed by atoms with E-state index in [0.717, 1.165) is 0 Å². The van der Waals surface area contributed by atoms with E-state index in [1.165, 1.54) is 6.07 Å². The van der Waals surface area contributed by atoms with Gasteiger partial charge in [0.25, 0.3) is 5.89 Å². The van der Waals surface area contributed by atoms with E-state index in [-0.39, 0.29) is 17.9 Å². The maximum absolute atomic E-state index is 11.1. The summed E-state index contributed by atoms with van der Waals surface area (Å²) in [5.41, 5.74) is 0.0737. The fraction of sp³-hybridized carbons (Fsp3) is 0.250. The Bertz CT molecular complexity index is 597. The molecule has 1 heterocycles. The van der Waals surface area contributed by atoms with Crippen LogP contribution in [-0.4, -0.2) is 21.2 Å². The summed E-state index contributed by atoms with van der Waals surface area (Å²) >= 11 is 3.25. The third-order valence-electron chi connectivity index (χ3n) is 2.36. The second-order valence-corrected chi connectivity index (χ2v) is 4.52. The lowest BCUT2D eigenvalue weighted by Crippen LogP contribution is -2.04. The number of carbonyl (C=O) groups is 1. The van der Waals surface area contributed by atoms with Crippen LogP contribution < -0.4 is 4.74 Å². The number of hydrogen-bond acceptors (Lipinski definition) is 5. The van der Waals surface area contributed by atoms with Gasteiger partial charge in [-0.1, -0.05) is 18.1 Å². The van der Waals surface area contributed by atoms with Crippen LogP contribution in [-0.2, 0) is 13.0 Å². The number of carboxylic acids is 1. The minimum absolute atomic E-state index is 0.0237. The van der Waals surface area contributed by atoms with Gasteiger partial charge in [0.2, 0.25) is 0 Å². The van der Waals surface area contributed by atoms with E-state index in [1.807, 2.05) is 6.92 Å². The minimum atomic E-state index is -1.06. The maximum Gasteiger partial charge on any atom is 0.339 e. The number of halogens is 1. The number of aryl methyl sites for hydroxylation is 1. The van der Waals surface area contributed by atoms with Crippen molar-refractivity contribution in [2.45, 2.75) is 20.0 Å². The number of nitrogens with zero attached hydrogens (tertiary/aromatic N) is 2. The van der Waals surface area contributed by atoms with Crippen molar-refractivity contribution in [2.75, 3.05) is 0 Å². The highest BCUT2D eigenvalue weighted by Gasteiger charge is 2.15. The fourth-order valence-corrected chi connectivity index (χ4v) is 1.93. The van der Waals surface area contributed by atoms with Gasteiger partial charge in [-0.2, -0.15) is 4.98 Å². The molecule has 0 unspecified atom stereocenters. The topological polar surface area (TPSA) is 85.5 Å². The van der Waals surface area contributed by atoms with E-state index in [4.69, 9.17) is 14.4 Å². The summed E-state index contributed by atoms with van der Waals surface area (Å²) < 4.78 is 11.0. The molecule has 1 N–H and O–H groups in total. The number of hydrogen-bond donors (Lipinski definition) is 1. The predicted octanol–water partition coefficient (Wildman–Crippen LogP) is 2.67. The lowest BCUT2D eigenvalue weighted by Gasteiger charge is -2.08. The smallest absolute Gasteiger partial charge is 0.339 e. The lowest BCUT2D eigenvalue weighted by atomic mass is 10.2. The van der Waals surface area contributed by atoms with Gasteiger partial charge in [0, 0.05) is 6.42 Å². The number of para-hydroxylation sites is 1. The molecule has 0 spiro atoms. The second-order valence-electron chi connectivity index (χ2n) is 3.67. The summed E-state index contributed by atoms with van der Waals surface area (Å²) in [5.74, 6) is 0.0791. The van der Waals surface area contributed by atoms with E-state index in [0.29, 0.717) is 22.6 Å². The van der Waals surface area contributed by atoms with Crippen molar-refractivity contribution in [2.24, 2.45) is 0 Å². The molecule has 0 bridgehead atoms. The number of ether oxygens (including phenoxy) is 1. The van der Waals surface area contributed by atoms with Gasteiger partial charge in [-0.25, -0.2) is 4.79 Å². The summed E-state index contributed by atoms with van der Waals surface area (Å²) in [5, 5.41) is 12.8. The Morgan fingerprint density at radius 2 is 2.32 bits per heavy atom. The molecule has 100 valence electrons. The van der Waals surface area contributed by atoms with Gasteiger partial charge in [-0.15, -0.1) is 0 Å². The highest BCUT2D eigenvalue weighted by Crippen LogP contribution is 2.29. The quantitative estimate of drug-likeness (QED) is 0.909. The Kier molecular flexibility index (Phi) is 4.16. The molecular weight excluding hydrogens is 316 g/mol. The molecule has 6 nitrogen and oxygen atoms in total. The average Bonchev–Trinajstić information content (AvgIpc) is 2.85. The lowest BCUT2D eigenvalue weighted by molar-refractivity contribution is 0.0690. The SMILES string of the molecule is CCc1noc(COc2c(Br)cccc2C(=O)O)n1. The number of aromatic carboxylic acids is 1. The van der Waals surface area contributed by atoms with Crippen LogP contribution in [0.4, 0.5) is 0 Å². The average molecular weight is 327 g/mol. The second kappa shape index (κ2) is 5.83. The van der Waals surface area contributed by atoms with Gasteiger partial charge in [0.05, 0.1) is 4.47 Å². The molecule has 1 aromatic heterocycles. The van der Waals surface area contributed by atoms with Crippen molar-refractivity contribution in [3.63, 3.8) is 0 Å². The third-order valence-corrected chi connectivity index (χ3v) is 2.99. The van der Waals surface area contributed by atoms with Crippen molar-refractivity contribution in [3.8, 4) is 5.75 Å². The first-order valence-electron chi connectivity index (χ1n) is 5.58. The molecule has 0 radical (unpaired) electrons. The van der Waals surface area contributed by atoms with Crippen molar-refractivity contribution in [3.05, 3.63) is 40.0 Å². The molecule has 0 fully saturated rings. The summed E-state index contributed by atoms with van der Waals surface area (Å²) in [7, 11) is 0. The monoisotopic (exact) mass is 326 g/mol. The molecule has 2 rings (SSSR count). The Balaban J connectivity index is 2.17. The highest BCUT2D eigenvalue weighted by molar-refractivity contribution is 9.10. The minimum Gasteiger partial charge on any atom is -0.482 e.